The van der Waals surface area contributed by atoms with Crippen LogP contribution in [0.5, 0.6) is 5.75 Å². The fourth-order valence-electron chi connectivity index (χ4n) is 6.73. The summed E-state index contributed by atoms with van der Waals surface area (Å²) in [5.41, 5.74) is 6.14. The van der Waals surface area contributed by atoms with Crippen LogP contribution in [0, 0.1) is 39.4 Å². The molecule has 1 aliphatic rings. The van der Waals surface area contributed by atoms with Gasteiger partial charge in [0.15, 0.2) is 0 Å². The van der Waals surface area contributed by atoms with Gasteiger partial charge in [0.1, 0.15) is 17.7 Å². The van der Waals surface area contributed by atoms with Crippen LogP contribution in [0.15, 0.2) is 35.1 Å². The van der Waals surface area contributed by atoms with Gasteiger partial charge in [-0.2, -0.15) is 5.10 Å². The number of hydrogen-bond acceptors (Lipinski definition) is 6. The molecule has 0 saturated carbocycles. The van der Waals surface area contributed by atoms with Crippen molar-refractivity contribution in [2.45, 2.75) is 85.4 Å². The number of nitrogens with zero attached hydrogens (tertiary/aromatic N) is 3. The maximum absolute atomic E-state index is 15.7. The molecule has 1 saturated heterocycles. The molecule has 4 rings (SSSR count). The molecular weight excluding hydrogens is 602 g/mol. The number of alkyl halides is 1. The molecule has 0 radical (unpaired) electrons. The molecule has 2 heterocycles. The van der Waals surface area contributed by atoms with E-state index >= 15 is 4.39 Å². The van der Waals surface area contributed by atoms with E-state index in [1.165, 1.54) is 0 Å². The van der Waals surface area contributed by atoms with Gasteiger partial charge in [-0.3, -0.25) is 14.5 Å². The quantitative estimate of drug-likeness (QED) is 0.175. The Morgan fingerprint density at radius 1 is 1.06 bits per heavy atom. The minimum atomic E-state index is -0.991. The van der Waals surface area contributed by atoms with Gasteiger partial charge in [0, 0.05) is 38.7 Å². The maximum atomic E-state index is 15.7. The van der Waals surface area contributed by atoms with Crippen LogP contribution in [0.3, 0.4) is 0 Å². The van der Waals surface area contributed by atoms with Gasteiger partial charge in [-0.05, 0) is 122 Å². The van der Waals surface area contributed by atoms with Crippen LogP contribution < -0.4 is 15.6 Å². The van der Waals surface area contributed by atoms with Crippen molar-refractivity contribution in [3.63, 3.8) is 0 Å². The molecule has 1 aromatic heterocycles. The zero-order chi connectivity index (χ0) is 34.4. The first-order valence-corrected chi connectivity index (χ1v) is 16.6. The van der Waals surface area contributed by atoms with Gasteiger partial charge in [-0.15, -0.1) is 0 Å². The van der Waals surface area contributed by atoms with Gasteiger partial charge in [0.25, 0.3) is 5.56 Å². The summed E-state index contributed by atoms with van der Waals surface area (Å²) in [6.45, 7) is 14.2. The molecule has 256 valence electrons. The summed E-state index contributed by atoms with van der Waals surface area (Å²) < 4.78 is 36.0. The van der Waals surface area contributed by atoms with E-state index in [1.807, 2.05) is 43.9 Å². The summed E-state index contributed by atoms with van der Waals surface area (Å²) in [5.74, 6) is -0.888. The third-order valence-corrected chi connectivity index (χ3v) is 9.14. The van der Waals surface area contributed by atoms with Gasteiger partial charge in [0.05, 0.1) is 25.3 Å². The smallest absolute Gasteiger partial charge is 0.303 e. The van der Waals surface area contributed by atoms with E-state index < -0.39 is 18.1 Å². The summed E-state index contributed by atoms with van der Waals surface area (Å²) >= 11 is 0. The third-order valence-electron chi connectivity index (χ3n) is 9.14. The maximum Gasteiger partial charge on any atom is 0.303 e. The number of carboxylic acids is 1. The third kappa shape index (κ3) is 9.26. The van der Waals surface area contributed by atoms with Gasteiger partial charge >= 0.3 is 5.97 Å². The van der Waals surface area contributed by atoms with Crippen molar-refractivity contribution in [1.82, 2.24) is 20.0 Å². The molecule has 0 aliphatic carbocycles. The van der Waals surface area contributed by atoms with E-state index in [-0.39, 0.29) is 23.8 Å². The first kappa shape index (κ1) is 36.2. The Labute approximate surface area is 277 Å². The Morgan fingerprint density at radius 2 is 1.74 bits per heavy atom. The first-order chi connectivity index (χ1) is 22.3. The van der Waals surface area contributed by atoms with E-state index in [0.717, 1.165) is 39.3 Å². The molecule has 47 heavy (non-hydrogen) atoms. The van der Waals surface area contributed by atoms with Crippen molar-refractivity contribution >= 4 is 5.97 Å². The molecule has 0 bridgehead atoms. The number of carbonyl (C=O) groups is 1. The summed E-state index contributed by atoms with van der Waals surface area (Å²) in [7, 11) is 1.62. The van der Waals surface area contributed by atoms with E-state index in [2.05, 4.69) is 19.2 Å². The predicted molar refractivity (Wildman–Crippen MR) is 182 cm³/mol. The molecule has 1 fully saturated rings. The number of aliphatic carboxylic acids is 1. The van der Waals surface area contributed by atoms with Crippen LogP contribution >= 0.6 is 0 Å². The van der Waals surface area contributed by atoms with Crippen molar-refractivity contribution in [3.05, 3.63) is 80.0 Å². The Bertz CT molecular complexity index is 1590. The minimum absolute atomic E-state index is 0.172. The van der Waals surface area contributed by atoms with E-state index in [4.69, 9.17) is 9.84 Å². The van der Waals surface area contributed by atoms with Crippen LogP contribution in [-0.4, -0.2) is 71.8 Å². The van der Waals surface area contributed by atoms with Gasteiger partial charge in [0.2, 0.25) is 0 Å². The van der Waals surface area contributed by atoms with Gasteiger partial charge < -0.3 is 15.2 Å². The van der Waals surface area contributed by atoms with Crippen LogP contribution in [0.4, 0.5) is 8.78 Å². The highest BCUT2D eigenvalue weighted by molar-refractivity contribution is 5.74. The van der Waals surface area contributed by atoms with Crippen LogP contribution in [0.2, 0.25) is 0 Å². The number of aromatic nitrogens is 2. The molecule has 3 aromatic rings. The molecule has 1 aliphatic heterocycles. The van der Waals surface area contributed by atoms with Gasteiger partial charge in [-0.1, -0.05) is 13.8 Å². The first-order valence-electron chi connectivity index (χ1n) is 16.6. The number of likely N-dealkylation sites (tertiary alicyclic amines) is 1. The second-order valence-electron chi connectivity index (χ2n) is 13.6. The van der Waals surface area contributed by atoms with Crippen molar-refractivity contribution in [2.24, 2.45) is 5.92 Å². The number of nitrogens with one attached hydrogen (secondary N) is 1. The SMILES string of the molecule is COc1cc(C)c(-c2cc(C)c(F)c([C@@H](CCNC[C@H](CC(C)C)n3nc(CCN4CC(F)C4)c(C)cc3=O)CC(=O)O)c2)c(C)c1. The number of hydrogen-bond donors (Lipinski definition) is 2. The lowest BCUT2D eigenvalue weighted by Crippen LogP contribution is -2.49. The van der Waals surface area contributed by atoms with Crippen molar-refractivity contribution in [3.8, 4) is 16.9 Å². The Balaban J connectivity index is 1.52. The normalized spacial score (nSPS) is 15.1. The number of carboxylic acid groups (broad SMARTS) is 1. The zero-order valence-electron chi connectivity index (χ0n) is 28.8. The highest BCUT2D eigenvalue weighted by Crippen LogP contribution is 2.36. The molecule has 2 N–H and O–H groups in total. The molecule has 2 atom stereocenters. The number of benzene rings is 2. The van der Waals surface area contributed by atoms with E-state index in [9.17, 15) is 19.1 Å². The van der Waals surface area contributed by atoms with Crippen LogP contribution in [0.25, 0.3) is 11.1 Å². The average molecular weight is 653 g/mol. The molecule has 8 nitrogen and oxygen atoms in total. The Morgan fingerprint density at radius 3 is 2.34 bits per heavy atom. The lowest BCUT2D eigenvalue weighted by atomic mass is 9.86. The van der Waals surface area contributed by atoms with Crippen molar-refractivity contribution < 1.29 is 23.4 Å². The minimum Gasteiger partial charge on any atom is -0.497 e. The lowest BCUT2D eigenvalue weighted by molar-refractivity contribution is -0.137. The second-order valence-corrected chi connectivity index (χ2v) is 13.6. The molecule has 0 amide bonds. The monoisotopic (exact) mass is 652 g/mol. The highest BCUT2D eigenvalue weighted by Gasteiger charge is 2.26. The zero-order valence-corrected chi connectivity index (χ0v) is 28.8. The Kier molecular flexibility index (Phi) is 12.3. The van der Waals surface area contributed by atoms with Crippen LogP contribution in [0.1, 0.15) is 78.6 Å². The summed E-state index contributed by atoms with van der Waals surface area (Å²) in [5, 5.41) is 18.0. The Hall–Kier alpha value is -3.63. The molecule has 0 spiro atoms. The summed E-state index contributed by atoms with van der Waals surface area (Å²) in [4.78, 5) is 27.1. The second kappa shape index (κ2) is 16.0. The number of aryl methyl sites for hydroxylation is 4. The fourth-order valence-corrected chi connectivity index (χ4v) is 6.73. The predicted octanol–water partition coefficient (Wildman–Crippen LogP) is 6.31. The molecule has 0 unspecified atom stereocenters. The number of halogens is 2. The summed E-state index contributed by atoms with van der Waals surface area (Å²) in [6.07, 6.45) is 0.777. The number of ether oxygens (including phenoxy) is 1. The van der Waals surface area contributed by atoms with Crippen molar-refractivity contribution in [1.29, 1.82) is 0 Å². The van der Waals surface area contributed by atoms with E-state index in [1.54, 1.807) is 30.8 Å². The van der Waals surface area contributed by atoms with Crippen LogP contribution in [-0.2, 0) is 11.2 Å². The van der Waals surface area contributed by atoms with Gasteiger partial charge in [-0.25, -0.2) is 13.5 Å². The number of rotatable bonds is 16. The average Bonchev–Trinajstić information content (AvgIpc) is 2.97. The largest absolute Gasteiger partial charge is 0.497 e. The standard InChI is InChI=1S/C37H50F2N4O4/c1-22(2)12-30(43-34(44)16-23(3)33(41-43)9-11-42-20-29(38)21-42)19-40-10-8-27(18-35(45)46)32-17-28(13-26(6)37(32)39)36-24(4)14-31(47-7)15-25(36)5/h13-17,22,27,29-30,40H,8-12,18-21H2,1-7H3,(H,45,46)/t27-,30-/m0/s1. The lowest BCUT2D eigenvalue weighted by Gasteiger charge is -2.34. The van der Waals surface area contributed by atoms with E-state index in [0.29, 0.717) is 69.0 Å². The molecular formula is C37H50F2N4O4. The van der Waals surface area contributed by atoms with Crippen molar-refractivity contribution in [2.75, 3.05) is 39.8 Å². The fraction of sp³-hybridized carbons (Fsp3) is 0.541. The summed E-state index contributed by atoms with van der Waals surface area (Å²) in [6, 6.07) is 8.90. The highest BCUT2D eigenvalue weighted by atomic mass is 19.1. The number of methoxy groups -OCH3 is 1. The molecule has 2 aromatic carbocycles. The molecule has 10 heteroatoms. The topological polar surface area (TPSA) is 96.7 Å².